The minimum atomic E-state index is -0.363. The molecule has 34 heavy (non-hydrogen) atoms. The maximum absolute atomic E-state index is 11.5. The van der Waals surface area contributed by atoms with Gasteiger partial charge >= 0.3 is 0 Å². The summed E-state index contributed by atoms with van der Waals surface area (Å²) in [4.78, 5) is 16.8. The molecule has 4 aromatic rings. The fourth-order valence-electron chi connectivity index (χ4n) is 3.64. The van der Waals surface area contributed by atoms with Gasteiger partial charge in [-0.15, -0.1) is 11.3 Å². The number of halogens is 1. The van der Waals surface area contributed by atoms with Crippen molar-refractivity contribution in [3.63, 3.8) is 0 Å². The summed E-state index contributed by atoms with van der Waals surface area (Å²) in [6.45, 7) is 7.66. The van der Waals surface area contributed by atoms with E-state index in [0.29, 0.717) is 21.6 Å². The minimum absolute atomic E-state index is 0.0776. The SMILES string of the molecule is CC(=Nn1c(-c2ccccc2Br)csc1=Nc1c(C)cccc1C)c1ccc(C)c([N+](=O)[O-])c1. The molecule has 0 atom stereocenters. The third-order valence-electron chi connectivity index (χ3n) is 5.56. The van der Waals surface area contributed by atoms with Crippen LogP contribution in [0.4, 0.5) is 11.4 Å². The van der Waals surface area contributed by atoms with Crippen LogP contribution in [0.15, 0.2) is 80.6 Å². The van der Waals surface area contributed by atoms with Crippen molar-refractivity contribution in [3.05, 3.63) is 108 Å². The molecule has 4 rings (SSSR count). The Morgan fingerprint density at radius 2 is 1.71 bits per heavy atom. The van der Waals surface area contributed by atoms with Crippen molar-refractivity contribution in [3.8, 4) is 11.3 Å². The molecule has 0 unspecified atom stereocenters. The number of nitro benzene ring substituents is 1. The minimum Gasteiger partial charge on any atom is -0.258 e. The molecule has 3 aromatic carbocycles. The maximum Gasteiger partial charge on any atom is 0.272 e. The van der Waals surface area contributed by atoms with E-state index in [-0.39, 0.29) is 10.6 Å². The van der Waals surface area contributed by atoms with Crippen LogP contribution >= 0.6 is 27.3 Å². The Bertz CT molecular complexity index is 1480. The standard InChI is InChI=1S/C26H23BrN4O2S/c1-16-12-13-20(14-23(16)31(32)33)19(4)29-30-24(21-10-5-6-11-22(21)27)15-34-26(30)28-25-17(2)8-7-9-18(25)3/h5-15H,1-4H3. The van der Waals surface area contributed by atoms with Crippen molar-refractivity contribution in [2.24, 2.45) is 10.1 Å². The third-order valence-corrected chi connectivity index (χ3v) is 7.06. The Labute approximate surface area is 210 Å². The van der Waals surface area contributed by atoms with Crippen LogP contribution in [0.2, 0.25) is 0 Å². The molecule has 0 spiro atoms. The predicted octanol–water partition coefficient (Wildman–Crippen LogP) is 7.32. The number of nitro groups is 1. The number of benzene rings is 3. The number of hydrogen-bond acceptors (Lipinski definition) is 5. The maximum atomic E-state index is 11.5. The van der Waals surface area contributed by atoms with Crippen LogP contribution in [0.25, 0.3) is 11.3 Å². The molecule has 0 bridgehead atoms. The molecular weight excluding hydrogens is 512 g/mol. The second-order valence-corrected chi connectivity index (χ2v) is 9.68. The summed E-state index contributed by atoms with van der Waals surface area (Å²) < 4.78 is 2.76. The number of hydrogen-bond donors (Lipinski definition) is 0. The molecule has 1 aromatic heterocycles. The smallest absolute Gasteiger partial charge is 0.258 e. The lowest BCUT2D eigenvalue weighted by Gasteiger charge is -2.09. The van der Waals surface area contributed by atoms with Crippen molar-refractivity contribution in [2.45, 2.75) is 27.7 Å². The van der Waals surface area contributed by atoms with E-state index in [0.717, 1.165) is 32.5 Å². The van der Waals surface area contributed by atoms with Gasteiger partial charge in [0.05, 0.1) is 22.0 Å². The Morgan fingerprint density at radius 1 is 1.00 bits per heavy atom. The normalized spacial score (nSPS) is 12.3. The zero-order valence-corrected chi connectivity index (χ0v) is 21.6. The van der Waals surface area contributed by atoms with E-state index in [1.54, 1.807) is 19.1 Å². The zero-order chi connectivity index (χ0) is 24.4. The average molecular weight is 535 g/mol. The van der Waals surface area contributed by atoms with Crippen LogP contribution in [0.1, 0.15) is 29.2 Å². The van der Waals surface area contributed by atoms with Gasteiger partial charge in [0, 0.05) is 32.6 Å². The summed E-state index contributed by atoms with van der Waals surface area (Å²) >= 11 is 5.15. The Morgan fingerprint density at radius 3 is 2.38 bits per heavy atom. The molecule has 1 heterocycles. The van der Waals surface area contributed by atoms with E-state index in [9.17, 15) is 10.1 Å². The Hall–Kier alpha value is -3.36. The number of thiazole rings is 1. The second-order valence-electron chi connectivity index (χ2n) is 7.99. The molecule has 6 nitrogen and oxygen atoms in total. The predicted molar refractivity (Wildman–Crippen MR) is 142 cm³/mol. The molecule has 0 aliphatic carbocycles. The summed E-state index contributed by atoms with van der Waals surface area (Å²) in [5.41, 5.74) is 6.96. The van der Waals surface area contributed by atoms with Crippen molar-refractivity contribution in [2.75, 3.05) is 0 Å². The van der Waals surface area contributed by atoms with Crippen molar-refractivity contribution >= 4 is 44.4 Å². The highest BCUT2D eigenvalue weighted by molar-refractivity contribution is 9.10. The van der Waals surface area contributed by atoms with Crippen LogP contribution in [0.5, 0.6) is 0 Å². The van der Waals surface area contributed by atoms with Gasteiger partial charge in [-0.3, -0.25) is 10.1 Å². The van der Waals surface area contributed by atoms with Gasteiger partial charge < -0.3 is 0 Å². The van der Waals surface area contributed by atoms with E-state index in [1.807, 2.05) is 79.4 Å². The number of nitrogens with zero attached hydrogens (tertiary/aromatic N) is 4. The van der Waals surface area contributed by atoms with E-state index in [4.69, 9.17) is 10.1 Å². The highest BCUT2D eigenvalue weighted by Crippen LogP contribution is 2.29. The second kappa shape index (κ2) is 9.87. The number of aromatic nitrogens is 1. The molecule has 0 fully saturated rings. The lowest BCUT2D eigenvalue weighted by Crippen LogP contribution is -2.14. The lowest BCUT2D eigenvalue weighted by atomic mass is 10.1. The van der Waals surface area contributed by atoms with Crippen LogP contribution in [-0.2, 0) is 0 Å². The molecule has 0 N–H and O–H groups in total. The van der Waals surface area contributed by atoms with Gasteiger partial charge in [0.15, 0.2) is 0 Å². The summed E-state index contributed by atoms with van der Waals surface area (Å²) in [7, 11) is 0. The molecule has 8 heteroatoms. The topological polar surface area (TPSA) is 72.8 Å². The summed E-state index contributed by atoms with van der Waals surface area (Å²) in [6, 6.07) is 19.2. The third kappa shape index (κ3) is 4.78. The quantitative estimate of drug-likeness (QED) is 0.153. The molecule has 0 aliphatic rings. The van der Waals surface area contributed by atoms with Crippen LogP contribution < -0.4 is 4.80 Å². The fourth-order valence-corrected chi connectivity index (χ4v) is 4.96. The van der Waals surface area contributed by atoms with Crippen LogP contribution in [-0.4, -0.2) is 15.3 Å². The molecule has 0 radical (unpaired) electrons. The monoisotopic (exact) mass is 534 g/mol. The number of para-hydroxylation sites is 1. The lowest BCUT2D eigenvalue weighted by molar-refractivity contribution is -0.385. The molecule has 0 saturated carbocycles. The summed E-state index contributed by atoms with van der Waals surface area (Å²) in [5.74, 6) is 0. The van der Waals surface area contributed by atoms with E-state index in [2.05, 4.69) is 15.9 Å². The molecular formula is C26H23BrN4O2S. The van der Waals surface area contributed by atoms with Gasteiger partial charge in [-0.1, -0.05) is 64.5 Å². The summed E-state index contributed by atoms with van der Waals surface area (Å²) in [5, 5.41) is 18.4. The van der Waals surface area contributed by atoms with Gasteiger partial charge in [-0.25, -0.2) is 9.67 Å². The molecule has 0 amide bonds. The van der Waals surface area contributed by atoms with Crippen molar-refractivity contribution in [1.29, 1.82) is 0 Å². The molecule has 0 saturated heterocycles. The number of aryl methyl sites for hydroxylation is 3. The largest absolute Gasteiger partial charge is 0.272 e. The Kier molecular flexibility index (Phi) is 6.90. The average Bonchev–Trinajstić information content (AvgIpc) is 3.18. The molecule has 172 valence electrons. The first kappa shape index (κ1) is 23.8. The van der Waals surface area contributed by atoms with Crippen LogP contribution in [0, 0.1) is 30.9 Å². The first-order valence-corrected chi connectivity index (χ1v) is 12.3. The molecule has 0 aliphatic heterocycles. The van der Waals surface area contributed by atoms with Crippen molar-refractivity contribution < 1.29 is 4.92 Å². The number of rotatable bonds is 5. The van der Waals surface area contributed by atoms with Gasteiger partial charge in [-0.2, -0.15) is 5.10 Å². The van der Waals surface area contributed by atoms with E-state index in [1.165, 1.54) is 11.3 Å². The van der Waals surface area contributed by atoms with E-state index >= 15 is 0 Å². The summed E-state index contributed by atoms with van der Waals surface area (Å²) in [6.07, 6.45) is 0. The van der Waals surface area contributed by atoms with Crippen molar-refractivity contribution in [1.82, 2.24) is 4.68 Å². The highest BCUT2D eigenvalue weighted by Gasteiger charge is 2.15. The Balaban J connectivity index is 1.96. The van der Waals surface area contributed by atoms with E-state index < -0.39 is 0 Å². The van der Waals surface area contributed by atoms with Gasteiger partial charge in [-0.05, 0) is 44.9 Å². The first-order chi connectivity index (χ1) is 16.3. The first-order valence-electron chi connectivity index (χ1n) is 10.6. The zero-order valence-electron chi connectivity index (χ0n) is 19.2. The highest BCUT2D eigenvalue weighted by atomic mass is 79.9. The van der Waals surface area contributed by atoms with Gasteiger partial charge in [0.25, 0.3) is 5.69 Å². The van der Waals surface area contributed by atoms with Crippen LogP contribution in [0.3, 0.4) is 0 Å². The van der Waals surface area contributed by atoms with Gasteiger partial charge in [0.1, 0.15) is 0 Å². The van der Waals surface area contributed by atoms with Gasteiger partial charge in [0.2, 0.25) is 4.80 Å². The fraction of sp³-hybridized carbons (Fsp3) is 0.154.